The highest BCUT2D eigenvalue weighted by atomic mass is 14.2. The first-order valence-corrected chi connectivity index (χ1v) is 12.0. The minimum atomic E-state index is 0.927. The fourth-order valence-electron chi connectivity index (χ4n) is 4.68. The maximum absolute atomic E-state index is 2.54. The van der Waals surface area contributed by atoms with Crippen molar-refractivity contribution in [2.75, 3.05) is 0 Å². The molecule has 0 nitrogen and oxygen atoms in total. The van der Waals surface area contributed by atoms with E-state index in [1.54, 1.807) is 5.57 Å². The van der Waals surface area contributed by atoms with E-state index in [0.29, 0.717) is 0 Å². The summed E-state index contributed by atoms with van der Waals surface area (Å²) < 4.78 is 0. The molecule has 0 amide bonds. The predicted molar refractivity (Wildman–Crippen MR) is 126 cm³/mol. The first-order chi connectivity index (χ1) is 13.8. The second-order valence-corrected chi connectivity index (χ2v) is 8.93. The van der Waals surface area contributed by atoms with Gasteiger partial charge in [0.25, 0.3) is 0 Å². The molecule has 0 radical (unpaired) electrons. The van der Waals surface area contributed by atoms with Crippen LogP contribution in [-0.4, -0.2) is 0 Å². The number of hydrogen-bond donors (Lipinski definition) is 0. The smallest absolute Gasteiger partial charge is 0.0178 e. The van der Waals surface area contributed by atoms with Crippen molar-refractivity contribution in [3.05, 3.63) is 53.6 Å². The molecule has 0 N–H and O–H groups in total. The molecule has 0 fully saturated rings. The number of allylic oxidation sites excluding steroid dienone is 2. The number of rotatable bonds is 11. The molecule has 0 saturated heterocycles. The van der Waals surface area contributed by atoms with Gasteiger partial charge < -0.3 is 0 Å². The standard InChI is InChI=1S/C28H40/c1-3-5-7-9-11-23-13-16-25(17-14-23)27-20-19-26-21-24(12-10-8-6-4-2)15-18-28(26)22-27/h15-16,18-23H,3-14,17H2,1-2H3. The van der Waals surface area contributed by atoms with E-state index in [1.165, 1.54) is 105 Å². The molecule has 0 bridgehead atoms. The van der Waals surface area contributed by atoms with Crippen LogP contribution in [0.15, 0.2) is 42.5 Å². The lowest BCUT2D eigenvalue weighted by Gasteiger charge is -2.22. The van der Waals surface area contributed by atoms with Crippen LogP contribution < -0.4 is 0 Å². The lowest BCUT2D eigenvalue weighted by molar-refractivity contribution is 0.425. The van der Waals surface area contributed by atoms with Crippen LogP contribution in [-0.2, 0) is 6.42 Å². The highest BCUT2D eigenvalue weighted by molar-refractivity contribution is 5.87. The summed E-state index contributed by atoms with van der Waals surface area (Å²) in [6.45, 7) is 4.58. The van der Waals surface area contributed by atoms with Crippen molar-refractivity contribution in [1.82, 2.24) is 0 Å². The summed E-state index contributed by atoms with van der Waals surface area (Å²) in [6, 6.07) is 14.2. The van der Waals surface area contributed by atoms with Gasteiger partial charge in [0, 0.05) is 0 Å². The van der Waals surface area contributed by atoms with Crippen LogP contribution in [0.5, 0.6) is 0 Å². The Balaban J connectivity index is 1.57. The molecule has 0 heteroatoms. The van der Waals surface area contributed by atoms with Crippen LogP contribution in [0, 0.1) is 5.92 Å². The third kappa shape index (κ3) is 6.23. The van der Waals surface area contributed by atoms with Crippen LogP contribution in [0.4, 0.5) is 0 Å². The Hall–Kier alpha value is -1.56. The normalized spacial score (nSPS) is 17.1. The van der Waals surface area contributed by atoms with Crippen molar-refractivity contribution in [3.63, 3.8) is 0 Å². The van der Waals surface area contributed by atoms with E-state index in [-0.39, 0.29) is 0 Å². The van der Waals surface area contributed by atoms with Gasteiger partial charge in [0.05, 0.1) is 0 Å². The number of benzene rings is 2. The quantitative estimate of drug-likeness (QED) is 0.343. The fraction of sp³-hybridized carbons (Fsp3) is 0.571. The molecule has 152 valence electrons. The average molecular weight is 377 g/mol. The summed E-state index contributed by atoms with van der Waals surface area (Å²) in [6.07, 6.45) is 20.1. The van der Waals surface area contributed by atoms with Gasteiger partial charge in [-0.15, -0.1) is 0 Å². The average Bonchev–Trinajstić information content (AvgIpc) is 2.74. The van der Waals surface area contributed by atoms with Gasteiger partial charge in [0.1, 0.15) is 0 Å². The Bertz CT molecular complexity index is 752. The molecule has 0 aromatic heterocycles. The second-order valence-electron chi connectivity index (χ2n) is 8.93. The van der Waals surface area contributed by atoms with Crippen molar-refractivity contribution in [1.29, 1.82) is 0 Å². The van der Waals surface area contributed by atoms with Crippen molar-refractivity contribution in [3.8, 4) is 0 Å². The number of aryl methyl sites for hydroxylation is 1. The van der Waals surface area contributed by atoms with Crippen LogP contribution >= 0.6 is 0 Å². The highest BCUT2D eigenvalue weighted by Gasteiger charge is 2.15. The minimum Gasteiger partial charge on any atom is -0.0804 e. The van der Waals surface area contributed by atoms with E-state index in [1.807, 2.05) is 0 Å². The van der Waals surface area contributed by atoms with Gasteiger partial charge in [-0.2, -0.15) is 0 Å². The van der Waals surface area contributed by atoms with Crippen molar-refractivity contribution >= 4 is 16.3 Å². The largest absolute Gasteiger partial charge is 0.0804 e. The molecule has 28 heavy (non-hydrogen) atoms. The maximum atomic E-state index is 2.54. The molecular formula is C28H40. The third-order valence-corrected chi connectivity index (χ3v) is 6.58. The lowest BCUT2D eigenvalue weighted by Crippen LogP contribution is -2.05. The maximum Gasteiger partial charge on any atom is -0.0178 e. The fourth-order valence-corrected chi connectivity index (χ4v) is 4.68. The molecule has 2 aromatic rings. The van der Waals surface area contributed by atoms with Gasteiger partial charge >= 0.3 is 0 Å². The lowest BCUT2D eigenvalue weighted by atomic mass is 9.83. The van der Waals surface area contributed by atoms with Gasteiger partial charge in [-0.3, -0.25) is 0 Å². The highest BCUT2D eigenvalue weighted by Crippen LogP contribution is 2.34. The molecule has 1 atom stereocenters. The van der Waals surface area contributed by atoms with Crippen molar-refractivity contribution < 1.29 is 0 Å². The zero-order chi connectivity index (χ0) is 19.6. The molecule has 3 rings (SSSR count). The first-order valence-electron chi connectivity index (χ1n) is 12.0. The molecular weight excluding hydrogens is 336 g/mol. The first kappa shape index (κ1) is 21.2. The Morgan fingerprint density at radius 1 is 0.786 bits per heavy atom. The Morgan fingerprint density at radius 3 is 2.29 bits per heavy atom. The minimum absolute atomic E-state index is 0.927. The summed E-state index contributed by atoms with van der Waals surface area (Å²) in [5, 5.41) is 2.80. The van der Waals surface area contributed by atoms with E-state index in [4.69, 9.17) is 0 Å². The summed E-state index contributed by atoms with van der Waals surface area (Å²) in [4.78, 5) is 0. The van der Waals surface area contributed by atoms with Crippen LogP contribution in [0.3, 0.4) is 0 Å². The van der Waals surface area contributed by atoms with Gasteiger partial charge in [-0.25, -0.2) is 0 Å². The number of fused-ring (bicyclic) bond motifs is 1. The van der Waals surface area contributed by atoms with Gasteiger partial charge in [-0.1, -0.05) is 102 Å². The number of hydrogen-bond acceptors (Lipinski definition) is 0. The van der Waals surface area contributed by atoms with Crippen LogP contribution in [0.1, 0.15) is 102 Å². The summed E-state index contributed by atoms with van der Waals surface area (Å²) >= 11 is 0. The Kier molecular flexibility index (Phi) is 8.65. The van der Waals surface area contributed by atoms with E-state index < -0.39 is 0 Å². The molecule has 0 saturated carbocycles. The molecule has 1 unspecified atom stereocenters. The monoisotopic (exact) mass is 376 g/mol. The van der Waals surface area contributed by atoms with Crippen LogP contribution in [0.25, 0.3) is 16.3 Å². The van der Waals surface area contributed by atoms with Gasteiger partial charge in [0.2, 0.25) is 0 Å². The van der Waals surface area contributed by atoms with E-state index in [0.717, 1.165) is 5.92 Å². The molecule has 0 spiro atoms. The van der Waals surface area contributed by atoms with Gasteiger partial charge in [0.15, 0.2) is 0 Å². The van der Waals surface area contributed by atoms with E-state index in [2.05, 4.69) is 56.3 Å². The van der Waals surface area contributed by atoms with Crippen molar-refractivity contribution in [2.45, 2.75) is 97.3 Å². The third-order valence-electron chi connectivity index (χ3n) is 6.58. The van der Waals surface area contributed by atoms with Gasteiger partial charge in [-0.05, 0) is 71.6 Å². The zero-order valence-corrected chi connectivity index (χ0v) is 18.3. The summed E-state index contributed by atoms with van der Waals surface area (Å²) in [5.74, 6) is 0.927. The summed E-state index contributed by atoms with van der Waals surface area (Å²) in [5.41, 5.74) is 4.53. The van der Waals surface area contributed by atoms with Crippen molar-refractivity contribution in [2.24, 2.45) is 5.92 Å². The molecule has 0 aliphatic heterocycles. The molecule has 1 aliphatic rings. The zero-order valence-electron chi connectivity index (χ0n) is 18.3. The molecule has 2 aromatic carbocycles. The predicted octanol–water partition coefficient (Wildman–Crippen LogP) is 9.12. The topological polar surface area (TPSA) is 0 Å². The SMILES string of the molecule is CCCCCCc1ccc2cc(C3=CCC(CCCCCC)CC3)ccc2c1. The van der Waals surface area contributed by atoms with E-state index in [9.17, 15) is 0 Å². The molecule has 1 aliphatic carbocycles. The van der Waals surface area contributed by atoms with Crippen LogP contribution in [0.2, 0.25) is 0 Å². The summed E-state index contributed by atoms with van der Waals surface area (Å²) in [7, 11) is 0. The Morgan fingerprint density at radius 2 is 1.54 bits per heavy atom. The number of unbranched alkanes of at least 4 members (excludes halogenated alkanes) is 6. The van der Waals surface area contributed by atoms with E-state index >= 15 is 0 Å². The Labute approximate surface area is 173 Å². The second kappa shape index (κ2) is 11.4. The molecule has 0 heterocycles.